The first-order chi connectivity index (χ1) is 14.8. The summed E-state index contributed by atoms with van der Waals surface area (Å²) in [7, 11) is 1.59. The number of imide groups is 1. The van der Waals surface area contributed by atoms with Crippen molar-refractivity contribution in [3.05, 3.63) is 64.9 Å². The van der Waals surface area contributed by atoms with Crippen LogP contribution in [0.3, 0.4) is 0 Å². The van der Waals surface area contributed by atoms with Crippen LogP contribution in [-0.4, -0.2) is 43.1 Å². The van der Waals surface area contributed by atoms with Gasteiger partial charge in [0.25, 0.3) is 11.8 Å². The van der Waals surface area contributed by atoms with E-state index >= 15 is 0 Å². The minimum absolute atomic E-state index is 0.111. The lowest BCUT2D eigenvalue weighted by Gasteiger charge is -2.16. The molecule has 2 aromatic carbocycles. The van der Waals surface area contributed by atoms with E-state index in [-0.39, 0.29) is 17.9 Å². The summed E-state index contributed by atoms with van der Waals surface area (Å²) in [6, 6.07) is 13.0. The summed E-state index contributed by atoms with van der Waals surface area (Å²) in [4.78, 5) is 27.9. The lowest BCUT2D eigenvalue weighted by Crippen LogP contribution is -2.34. The first-order valence-corrected chi connectivity index (χ1v) is 10.5. The summed E-state index contributed by atoms with van der Waals surface area (Å²) in [5.41, 5.74) is 4.30. The van der Waals surface area contributed by atoms with Crippen molar-refractivity contribution in [1.29, 1.82) is 0 Å². The third kappa shape index (κ3) is 4.97. The molecule has 1 N–H and O–H groups in total. The summed E-state index contributed by atoms with van der Waals surface area (Å²) in [5.74, 6) is 0.0710. The SMILES string of the molecule is COc1ccc(C2=C(Nc3cccc(C)c3C)C(=O)N(CCCOC(C)C)C2=O)cc1. The molecule has 1 aliphatic rings. The number of aryl methyl sites for hydroxylation is 1. The zero-order chi connectivity index (χ0) is 22.5. The Morgan fingerprint density at radius 3 is 2.35 bits per heavy atom. The summed E-state index contributed by atoms with van der Waals surface area (Å²) in [5, 5.41) is 3.25. The van der Waals surface area contributed by atoms with E-state index in [0.717, 1.165) is 16.8 Å². The average Bonchev–Trinajstić information content (AvgIpc) is 2.98. The van der Waals surface area contributed by atoms with Crippen molar-refractivity contribution in [2.45, 2.75) is 40.2 Å². The summed E-state index contributed by atoms with van der Waals surface area (Å²) >= 11 is 0. The fourth-order valence-electron chi connectivity index (χ4n) is 3.48. The maximum absolute atomic E-state index is 13.3. The van der Waals surface area contributed by atoms with Gasteiger partial charge < -0.3 is 14.8 Å². The van der Waals surface area contributed by atoms with E-state index in [2.05, 4.69) is 5.32 Å². The van der Waals surface area contributed by atoms with Crippen LogP contribution in [0.25, 0.3) is 5.57 Å². The smallest absolute Gasteiger partial charge is 0.278 e. The monoisotopic (exact) mass is 422 g/mol. The van der Waals surface area contributed by atoms with Crippen molar-refractivity contribution in [1.82, 2.24) is 4.90 Å². The molecule has 2 aromatic rings. The van der Waals surface area contributed by atoms with E-state index in [1.54, 1.807) is 31.4 Å². The highest BCUT2D eigenvalue weighted by molar-refractivity contribution is 6.36. The first-order valence-electron chi connectivity index (χ1n) is 10.5. The Morgan fingerprint density at radius 2 is 1.71 bits per heavy atom. The Kier molecular flexibility index (Phi) is 7.13. The Labute approximate surface area is 183 Å². The fourth-order valence-corrected chi connectivity index (χ4v) is 3.48. The molecule has 0 radical (unpaired) electrons. The number of nitrogens with one attached hydrogen (secondary N) is 1. The van der Waals surface area contributed by atoms with Crippen LogP contribution < -0.4 is 10.1 Å². The van der Waals surface area contributed by atoms with Crippen LogP contribution >= 0.6 is 0 Å². The van der Waals surface area contributed by atoms with Crippen LogP contribution in [0.1, 0.15) is 37.0 Å². The Morgan fingerprint density at radius 1 is 1.00 bits per heavy atom. The molecule has 1 heterocycles. The second-order valence-electron chi connectivity index (χ2n) is 7.89. The van der Waals surface area contributed by atoms with E-state index < -0.39 is 0 Å². The van der Waals surface area contributed by atoms with Gasteiger partial charge in [0.1, 0.15) is 11.4 Å². The number of nitrogens with zero attached hydrogens (tertiary/aromatic N) is 1. The largest absolute Gasteiger partial charge is 0.497 e. The fraction of sp³-hybridized carbons (Fsp3) is 0.360. The van der Waals surface area contributed by atoms with Gasteiger partial charge in [-0.25, -0.2) is 0 Å². The van der Waals surface area contributed by atoms with Gasteiger partial charge in [-0.1, -0.05) is 24.3 Å². The molecule has 6 heteroatoms. The van der Waals surface area contributed by atoms with Gasteiger partial charge in [0.05, 0.1) is 18.8 Å². The van der Waals surface area contributed by atoms with Gasteiger partial charge in [-0.05, 0) is 69.0 Å². The molecule has 3 rings (SSSR count). The predicted octanol–water partition coefficient (Wildman–Crippen LogP) is 4.32. The van der Waals surface area contributed by atoms with Crippen LogP contribution in [0.4, 0.5) is 5.69 Å². The zero-order valence-electron chi connectivity index (χ0n) is 18.8. The third-order valence-corrected chi connectivity index (χ3v) is 5.39. The average molecular weight is 423 g/mol. The van der Waals surface area contributed by atoms with E-state index in [1.165, 1.54) is 4.90 Å². The van der Waals surface area contributed by atoms with Crippen LogP contribution in [0.2, 0.25) is 0 Å². The van der Waals surface area contributed by atoms with Gasteiger partial charge in [-0.15, -0.1) is 0 Å². The molecule has 164 valence electrons. The van der Waals surface area contributed by atoms with Gasteiger partial charge >= 0.3 is 0 Å². The highest BCUT2D eigenvalue weighted by Gasteiger charge is 2.39. The molecule has 0 unspecified atom stereocenters. The van der Waals surface area contributed by atoms with Crippen molar-refractivity contribution >= 4 is 23.1 Å². The van der Waals surface area contributed by atoms with Crippen molar-refractivity contribution in [2.24, 2.45) is 0 Å². The molecule has 6 nitrogen and oxygen atoms in total. The van der Waals surface area contributed by atoms with Crippen molar-refractivity contribution in [2.75, 3.05) is 25.6 Å². The summed E-state index contributed by atoms with van der Waals surface area (Å²) < 4.78 is 10.8. The van der Waals surface area contributed by atoms with Gasteiger partial charge in [0.15, 0.2) is 0 Å². The molecule has 0 saturated carbocycles. The lowest BCUT2D eigenvalue weighted by molar-refractivity contribution is -0.137. The molecule has 31 heavy (non-hydrogen) atoms. The summed E-state index contributed by atoms with van der Waals surface area (Å²) in [6.07, 6.45) is 0.696. The number of methoxy groups -OCH3 is 1. The molecule has 0 bridgehead atoms. The minimum Gasteiger partial charge on any atom is -0.497 e. The van der Waals surface area contributed by atoms with Gasteiger partial charge in [-0.3, -0.25) is 14.5 Å². The normalized spacial score (nSPS) is 14.1. The third-order valence-electron chi connectivity index (χ3n) is 5.39. The van der Waals surface area contributed by atoms with Gasteiger partial charge in [0, 0.05) is 18.8 Å². The Bertz CT molecular complexity index is 993. The molecular formula is C25H30N2O4. The van der Waals surface area contributed by atoms with Crippen LogP contribution in [0, 0.1) is 13.8 Å². The Hall–Kier alpha value is -3.12. The second kappa shape index (κ2) is 9.79. The minimum atomic E-state index is -0.318. The van der Waals surface area contributed by atoms with E-state index in [9.17, 15) is 9.59 Å². The standard InChI is InChI=1S/C25H30N2O4/c1-16(2)31-15-7-14-27-24(28)22(19-10-12-20(30-5)13-11-19)23(25(27)29)26-21-9-6-8-17(3)18(21)4/h6,8-13,16,26H,7,14-15H2,1-5H3. The number of benzene rings is 2. The van der Waals surface area contributed by atoms with Gasteiger partial charge in [0.2, 0.25) is 0 Å². The maximum Gasteiger partial charge on any atom is 0.278 e. The van der Waals surface area contributed by atoms with E-state index in [0.29, 0.717) is 42.2 Å². The number of ether oxygens (including phenoxy) is 2. The van der Waals surface area contributed by atoms with Gasteiger partial charge in [-0.2, -0.15) is 0 Å². The topological polar surface area (TPSA) is 67.9 Å². The van der Waals surface area contributed by atoms with Crippen molar-refractivity contribution in [3.63, 3.8) is 0 Å². The number of rotatable bonds is 9. The second-order valence-corrected chi connectivity index (χ2v) is 7.89. The van der Waals surface area contributed by atoms with Crippen LogP contribution in [0.15, 0.2) is 48.2 Å². The molecule has 2 amide bonds. The molecule has 0 saturated heterocycles. The van der Waals surface area contributed by atoms with Crippen molar-refractivity contribution in [3.8, 4) is 5.75 Å². The highest BCUT2D eigenvalue weighted by atomic mass is 16.5. The van der Waals surface area contributed by atoms with Crippen LogP contribution in [-0.2, 0) is 14.3 Å². The van der Waals surface area contributed by atoms with Crippen molar-refractivity contribution < 1.29 is 19.1 Å². The number of hydrogen-bond acceptors (Lipinski definition) is 5. The first kappa shape index (κ1) is 22.6. The molecule has 0 aromatic heterocycles. The Balaban J connectivity index is 1.94. The quantitative estimate of drug-likeness (QED) is 0.482. The summed E-state index contributed by atoms with van der Waals surface area (Å²) in [6.45, 7) is 8.73. The molecule has 0 spiro atoms. The molecule has 0 fully saturated rings. The molecule has 0 aliphatic carbocycles. The molecule has 0 atom stereocenters. The molecule has 1 aliphatic heterocycles. The number of carbonyl (C=O) groups is 2. The lowest BCUT2D eigenvalue weighted by atomic mass is 10.0. The number of carbonyl (C=O) groups excluding carboxylic acids is 2. The highest BCUT2D eigenvalue weighted by Crippen LogP contribution is 2.32. The number of anilines is 1. The number of hydrogen-bond donors (Lipinski definition) is 1. The number of amides is 2. The van der Waals surface area contributed by atoms with E-state index in [4.69, 9.17) is 9.47 Å². The molecular weight excluding hydrogens is 392 g/mol. The maximum atomic E-state index is 13.3. The van der Waals surface area contributed by atoms with Crippen LogP contribution in [0.5, 0.6) is 5.75 Å². The predicted molar refractivity (Wildman–Crippen MR) is 122 cm³/mol. The van der Waals surface area contributed by atoms with E-state index in [1.807, 2.05) is 45.9 Å². The zero-order valence-corrected chi connectivity index (χ0v) is 18.8.